The molecular weight excluding hydrogens is 286 g/mol. The van der Waals surface area contributed by atoms with E-state index in [4.69, 9.17) is 21.1 Å². The highest BCUT2D eigenvalue weighted by atomic mass is 35.5. The summed E-state index contributed by atoms with van der Waals surface area (Å²) in [4.78, 5) is 0. The molecular formula is C17H26ClNO2. The van der Waals surface area contributed by atoms with Crippen LogP contribution >= 0.6 is 11.6 Å². The second-order valence-electron chi connectivity index (χ2n) is 6.75. The van der Waals surface area contributed by atoms with Crippen molar-refractivity contribution in [2.75, 3.05) is 19.8 Å². The normalized spacial score (nSPS) is 16.4. The molecule has 0 fully saturated rings. The van der Waals surface area contributed by atoms with Crippen LogP contribution in [0.3, 0.4) is 0 Å². The summed E-state index contributed by atoms with van der Waals surface area (Å²) in [6.07, 6.45) is 1.92. The van der Waals surface area contributed by atoms with Crippen molar-refractivity contribution < 1.29 is 9.47 Å². The predicted molar refractivity (Wildman–Crippen MR) is 87.5 cm³/mol. The Morgan fingerprint density at radius 2 is 1.81 bits per heavy atom. The number of rotatable bonds is 4. The van der Waals surface area contributed by atoms with Crippen LogP contribution in [0.1, 0.15) is 52.1 Å². The molecule has 0 amide bonds. The van der Waals surface area contributed by atoms with E-state index in [1.54, 1.807) is 0 Å². The molecule has 1 aliphatic heterocycles. The van der Waals surface area contributed by atoms with Gasteiger partial charge in [-0.25, -0.2) is 0 Å². The van der Waals surface area contributed by atoms with Crippen LogP contribution < -0.4 is 14.8 Å². The molecule has 0 saturated carbocycles. The van der Waals surface area contributed by atoms with E-state index in [0.717, 1.165) is 41.5 Å². The van der Waals surface area contributed by atoms with Crippen molar-refractivity contribution in [3.05, 3.63) is 22.7 Å². The Labute approximate surface area is 133 Å². The van der Waals surface area contributed by atoms with Crippen LogP contribution in [0, 0.1) is 5.41 Å². The van der Waals surface area contributed by atoms with Gasteiger partial charge in [0.1, 0.15) is 0 Å². The van der Waals surface area contributed by atoms with Crippen molar-refractivity contribution in [1.29, 1.82) is 0 Å². The fraction of sp³-hybridized carbons (Fsp3) is 0.647. The molecule has 4 heteroatoms. The minimum Gasteiger partial charge on any atom is -0.490 e. The molecule has 2 rings (SSSR count). The molecule has 1 N–H and O–H groups in total. The lowest BCUT2D eigenvalue weighted by Gasteiger charge is -2.28. The minimum absolute atomic E-state index is 0.222. The first-order valence-corrected chi connectivity index (χ1v) is 8.11. The Balaban J connectivity index is 2.33. The van der Waals surface area contributed by atoms with E-state index in [0.29, 0.717) is 13.2 Å². The van der Waals surface area contributed by atoms with Crippen molar-refractivity contribution in [2.45, 2.75) is 46.6 Å². The number of fused-ring (bicyclic) bond motifs is 1. The van der Waals surface area contributed by atoms with Gasteiger partial charge in [0.05, 0.1) is 13.2 Å². The number of halogens is 1. The zero-order valence-electron chi connectivity index (χ0n) is 13.5. The monoisotopic (exact) mass is 311 g/mol. The van der Waals surface area contributed by atoms with E-state index in [9.17, 15) is 0 Å². The van der Waals surface area contributed by atoms with Gasteiger partial charge in [0.25, 0.3) is 0 Å². The quantitative estimate of drug-likeness (QED) is 0.882. The fourth-order valence-corrected chi connectivity index (χ4v) is 2.90. The highest BCUT2D eigenvalue weighted by molar-refractivity contribution is 6.31. The minimum atomic E-state index is 0.222. The van der Waals surface area contributed by atoms with Gasteiger partial charge in [0.15, 0.2) is 11.5 Å². The summed E-state index contributed by atoms with van der Waals surface area (Å²) < 4.78 is 11.5. The average molecular weight is 312 g/mol. The van der Waals surface area contributed by atoms with Crippen LogP contribution in [0.4, 0.5) is 0 Å². The Morgan fingerprint density at radius 1 is 1.19 bits per heavy atom. The standard InChI is InChI=1S/C17H26ClNO2/c1-5-19-14(11-17(2,3)4)12-9-15-16(10-13(12)18)21-8-6-7-20-15/h9-10,14,19H,5-8,11H2,1-4H3. The van der Waals surface area contributed by atoms with Gasteiger partial charge < -0.3 is 14.8 Å². The first-order chi connectivity index (χ1) is 9.90. The van der Waals surface area contributed by atoms with Crippen molar-refractivity contribution in [2.24, 2.45) is 5.41 Å². The summed E-state index contributed by atoms with van der Waals surface area (Å²) in [7, 11) is 0. The predicted octanol–water partition coefficient (Wildman–Crippen LogP) is 4.59. The van der Waals surface area contributed by atoms with Crippen LogP contribution in [-0.2, 0) is 0 Å². The van der Waals surface area contributed by atoms with Crippen LogP contribution in [0.5, 0.6) is 11.5 Å². The second kappa shape index (κ2) is 6.89. The van der Waals surface area contributed by atoms with Gasteiger partial charge in [-0.1, -0.05) is 39.3 Å². The van der Waals surface area contributed by atoms with Gasteiger partial charge in [-0.15, -0.1) is 0 Å². The zero-order valence-corrected chi connectivity index (χ0v) is 14.2. The first-order valence-electron chi connectivity index (χ1n) is 7.73. The Morgan fingerprint density at radius 3 is 2.38 bits per heavy atom. The van der Waals surface area contributed by atoms with Crippen LogP contribution in [0.25, 0.3) is 0 Å². The maximum Gasteiger partial charge on any atom is 0.162 e. The summed E-state index contributed by atoms with van der Waals surface area (Å²) >= 11 is 6.50. The van der Waals surface area contributed by atoms with Gasteiger partial charge in [-0.3, -0.25) is 0 Å². The van der Waals surface area contributed by atoms with Gasteiger partial charge in [-0.2, -0.15) is 0 Å². The molecule has 1 aliphatic rings. The molecule has 21 heavy (non-hydrogen) atoms. The highest BCUT2D eigenvalue weighted by Gasteiger charge is 2.24. The Hall–Kier alpha value is -0.930. The number of ether oxygens (including phenoxy) is 2. The van der Waals surface area contributed by atoms with E-state index in [2.05, 4.69) is 33.0 Å². The largest absolute Gasteiger partial charge is 0.490 e. The van der Waals surface area contributed by atoms with Gasteiger partial charge in [0, 0.05) is 23.6 Å². The lowest BCUT2D eigenvalue weighted by atomic mass is 9.85. The number of benzene rings is 1. The molecule has 0 bridgehead atoms. The molecule has 0 radical (unpaired) electrons. The van der Waals surface area contributed by atoms with Crippen LogP contribution in [-0.4, -0.2) is 19.8 Å². The smallest absolute Gasteiger partial charge is 0.162 e. The molecule has 118 valence electrons. The number of hydrogen-bond acceptors (Lipinski definition) is 3. The molecule has 1 unspecified atom stereocenters. The highest BCUT2D eigenvalue weighted by Crippen LogP contribution is 2.40. The molecule has 0 aromatic heterocycles. The van der Waals surface area contributed by atoms with E-state index < -0.39 is 0 Å². The van der Waals surface area contributed by atoms with Crippen LogP contribution in [0.15, 0.2) is 12.1 Å². The third-order valence-corrected chi connectivity index (χ3v) is 3.84. The molecule has 0 aliphatic carbocycles. The summed E-state index contributed by atoms with van der Waals surface area (Å²) in [6.45, 7) is 11.1. The molecule has 0 saturated heterocycles. The molecule has 1 atom stereocenters. The van der Waals surface area contributed by atoms with Gasteiger partial charge >= 0.3 is 0 Å². The van der Waals surface area contributed by atoms with E-state index in [1.165, 1.54) is 0 Å². The van der Waals surface area contributed by atoms with E-state index in [1.807, 2.05) is 12.1 Å². The van der Waals surface area contributed by atoms with Gasteiger partial charge in [0.2, 0.25) is 0 Å². The molecule has 1 heterocycles. The van der Waals surface area contributed by atoms with E-state index >= 15 is 0 Å². The first kappa shape index (κ1) is 16.4. The zero-order chi connectivity index (χ0) is 15.5. The topological polar surface area (TPSA) is 30.5 Å². The third kappa shape index (κ3) is 4.52. The second-order valence-corrected chi connectivity index (χ2v) is 7.15. The summed E-state index contributed by atoms with van der Waals surface area (Å²) in [6, 6.07) is 4.16. The lowest BCUT2D eigenvalue weighted by Crippen LogP contribution is -2.26. The van der Waals surface area contributed by atoms with Crippen LogP contribution in [0.2, 0.25) is 5.02 Å². The molecule has 3 nitrogen and oxygen atoms in total. The Bertz CT molecular complexity index is 482. The fourth-order valence-electron chi connectivity index (χ4n) is 2.62. The van der Waals surface area contributed by atoms with E-state index in [-0.39, 0.29) is 11.5 Å². The average Bonchev–Trinajstić information content (AvgIpc) is 2.60. The molecule has 1 aromatic carbocycles. The maximum atomic E-state index is 6.50. The summed E-state index contributed by atoms with van der Waals surface area (Å²) in [5, 5.41) is 4.28. The molecule has 1 aromatic rings. The SMILES string of the molecule is CCNC(CC(C)(C)C)c1cc2c(cc1Cl)OCCCO2. The van der Waals surface area contributed by atoms with Crippen molar-refractivity contribution >= 4 is 11.6 Å². The van der Waals surface area contributed by atoms with Crippen molar-refractivity contribution in [1.82, 2.24) is 5.32 Å². The summed E-state index contributed by atoms with van der Waals surface area (Å²) in [5.41, 5.74) is 1.32. The van der Waals surface area contributed by atoms with Gasteiger partial charge in [-0.05, 0) is 30.0 Å². The summed E-state index contributed by atoms with van der Waals surface area (Å²) in [5.74, 6) is 1.57. The van der Waals surface area contributed by atoms with Crippen molar-refractivity contribution in [3.8, 4) is 11.5 Å². The Kier molecular flexibility index (Phi) is 5.39. The maximum absolute atomic E-state index is 6.50. The third-order valence-electron chi connectivity index (χ3n) is 3.51. The number of hydrogen-bond donors (Lipinski definition) is 1. The number of nitrogens with one attached hydrogen (secondary N) is 1. The molecule has 0 spiro atoms. The van der Waals surface area contributed by atoms with Crippen molar-refractivity contribution in [3.63, 3.8) is 0 Å². The lowest BCUT2D eigenvalue weighted by molar-refractivity contribution is 0.296.